The van der Waals surface area contributed by atoms with E-state index in [1.807, 2.05) is 0 Å². The minimum Gasteiger partial charge on any atom is -0.343 e. The molecule has 0 spiro atoms. The summed E-state index contributed by atoms with van der Waals surface area (Å²) in [5.41, 5.74) is 0. The van der Waals surface area contributed by atoms with Gasteiger partial charge < -0.3 is 10.2 Å². The van der Waals surface area contributed by atoms with Crippen molar-refractivity contribution in [2.45, 2.75) is 13.0 Å². The minimum atomic E-state index is -3.00. The molecule has 0 heterocycles. The summed E-state index contributed by atoms with van der Waals surface area (Å²) >= 11 is 0. The van der Waals surface area contributed by atoms with E-state index in [-0.39, 0.29) is 24.2 Å². The Morgan fingerprint density at radius 3 is 2.36 bits per heavy atom. The number of hydrogen-bond donors (Lipinski definition) is 1. The van der Waals surface area contributed by atoms with Crippen LogP contribution in [0.2, 0.25) is 0 Å². The van der Waals surface area contributed by atoms with Crippen LogP contribution in [0.1, 0.15) is 6.92 Å². The van der Waals surface area contributed by atoms with Crippen LogP contribution in [0.15, 0.2) is 0 Å². The third kappa shape index (κ3) is 5.18. The summed E-state index contributed by atoms with van der Waals surface area (Å²) in [5, 5.41) is 2.80. The molecule has 0 aromatic carbocycles. The van der Waals surface area contributed by atoms with Gasteiger partial charge in [0.05, 0.1) is 11.8 Å². The van der Waals surface area contributed by atoms with Crippen LogP contribution >= 0.6 is 0 Å². The van der Waals surface area contributed by atoms with Crippen LogP contribution in [-0.2, 0) is 14.6 Å². The second kappa shape index (κ2) is 5.31. The lowest BCUT2D eigenvalue weighted by Gasteiger charge is -2.20. The monoisotopic (exact) mass is 222 g/mol. The normalized spacial score (nSPS) is 13.7. The van der Waals surface area contributed by atoms with Crippen LogP contribution in [0.3, 0.4) is 0 Å². The highest BCUT2D eigenvalue weighted by atomic mass is 32.2. The van der Waals surface area contributed by atoms with Crippen LogP contribution in [0.5, 0.6) is 0 Å². The maximum atomic E-state index is 11.5. The molecule has 6 heteroatoms. The predicted octanol–water partition coefficient (Wildman–Crippen LogP) is -0.903. The molecule has 0 fully saturated rings. The van der Waals surface area contributed by atoms with Crippen molar-refractivity contribution in [3.63, 3.8) is 0 Å². The summed E-state index contributed by atoms with van der Waals surface area (Å²) in [4.78, 5) is 12.9. The molecule has 1 N–H and O–H groups in total. The number of carbonyl (C=O) groups is 1. The highest BCUT2D eigenvalue weighted by molar-refractivity contribution is 7.90. The number of nitrogens with one attached hydrogen (secondary N) is 1. The van der Waals surface area contributed by atoms with Crippen LogP contribution in [0.4, 0.5) is 0 Å². The summed E-state index contributed by atoms with van der Waals surface area (Å²) in [6.07, 6.45) is 1.16. The van der Waals surface area contributed by atoms with Crippen molar-refractivity contribution in [1.29, 1.82) is 0 Å². The van der Waals surface area contributed by atoms with Crippen molar-refractivity contribution >= 4 is 15.7 Å². The summed E-state index contributed by atoms with van der Waals surface area (Å²) < 4.78 is 21.7. The van der Waals surface area contributed by atoms with Crippen LogP contribution in [-0.4, -0.2) is 57.9 Å². The zero-order valence-corrected chi connectivity index (χ0v) is 9.89. The average Bonchev–Trinajstić information content (AvgIpc) is 2.10. The van der Waals surface area contributed by atoms with Gasteiger partial charge >= 0.3 is 0 Å². The molecule has 0 aliphatic rings. The lowest BCUT2D eigenvalue weighted by Crippen LogP contribution is -2.43. The van der Waals surface area contributed by atoms with E-state index in [9.17, 15) is 13.2 Å². The van der Waals surface area contributed by atoms with Gasteiger partial charge in [0.1, 0.15) is 9.84 Å². The van der Waals surface area contributed by atoms with Crippen molar-refractivity contribution in [2.75, 3.05) is 32.6 Å². The quantitative estimate of drug-likeness (QED) is 0.654. The molecule has 5 nitrogen and oxygen atoms in total. The molecule has 0 rings (SSSR count). The summed E-state index contributed by atoms with van der Waals surface area (Å²) in [5.74, 6) is -0.0952. The van der Waals surface area contributed by atoms with Gasteiger partial charge in [0.2, 0.25) is 5.91 Å². The second-order valence-corrected chi connectivity index (χ2v) is 5.66. The van der Waals surface area contributed by atoms with E-state index >= 15 is 0 Å². The molecule has 0 saturated heterocycles. The number of likely N-dealkylation sites (N-methyl/N-ethyl adjacent to an activating group) is 2. The van der Waals surface area contributed by atoms with Gasteiger partial charge in [0.15, 0.2) is 0 Å². The smallest absolute Gasteiger partial charge is 0.239 e. The fraction of sp³-hybridized carbons (Fsp3) is 0.875. The van der Waals surface area contributed by atoms with Crippen molar-refractivity contribution in [3.8, 4) is 0 Å². The first-order valence-electron chi connectivity index (χ1n) is 4.38. The van der Waals surface area contributed by atoms with Gasteiger partial charge in [-0.3, -0.25) is 4.79 Å². The fourth-order valence-corrected chi connectivity index (χ4v) is 1.47. The lowest BCUT2D eigenvalue weighted by molar-refractivity contribution is -0.131. The second-order valence-electron chi connectivity index (χ2n) is 3.40. The Kier molecular flexibility index (Phi) is 5.07. The largest absolute Gasteiger partial charge is 0.343 e. The van der Waals surface area contributed by atoms with Crippen LogP contribution in [0, 0.1) is 0 Å². The van der Waals surface area contributed by atoms with Crippen LogP contribution in [0.25, 0.3) is 0 Å². The van der Waals surface area contributed by atoms with E-state index in [1.165, 1.54) is 4.90 Å². The van der Waals surface area contributed by atoms with Crippen molar-refractivity contribution < 1.29 is 13.2 Å². The predicted molar refractivity (Wildman–Crippen MR) is 55.9 cm³/mol. The number of rotatable bonds is 5. The van der Waals surface area contributed by atoms with Gasteiger partial charge in [0.25, 0.3) is 0 Å². The zero-order valence-electron chi connectivity index (χ0n) is 9.07. The summed E-state index contributed by atoms with van der Waals surface area (Å²) in [6.45, 7) is 1.98. The standard InChI is InChI=1S/C8H18N2O3S/c1-7(9-2)8(11)10(3)5-6-14(4,12)13/h7,9H,5-6H2,1-4H3. The van der Waals surface area contributed by atoms with Gasteiger partial charge in [-0.15, -0.1) is 0 Å². The minimum absolute atomic E-state index is 0.00563. The molecule has 0 aliphatic heterocycles. The first-order chi connectivity index (χ1) is 6.28. The number of nitrogens with zero attached hydrogens (tertiary/aromatic N) is 1. The average molecular weight is 222 g/mol. The molecule has 0 radical (unpaired) electrons. The van der Waals surface area contributed by atoms with Crippen molar-refractivity contribution in [1.82, 2.24) is 10.2 Å². The molecule has 1 amide bonds. The molecule has 0 bridgehead atoms. The molecular formula is C8H18N2O3S. The van der Waals surface area contributed by atoms with Crippen LogP contribution < -0.4 is 5.32 Å². The molecule has 84 valence electrons. The maximum absolute atomic E-state index is 11.5. The van der Waals surface area contributed by atoms with Gasteiger partial charge in [-0.05, 0) is 14.0 Å². The Balaban J connectivity index is 4.09. The Morgan fingerprint density at radius 2 is 2.00 bits per heavy atom. The lowest BCUT2D eigenvalue weighted by atomic mass is 10.3. The zero-order chi connectivity index (χ0) is 11.4. The Bertz CT molecular complexity index is 287. The van der Waals surface area contributed by atoms with E-state index in [0.29, 0.717) is 0 Å². The Hall–Kier alpha value is -0.620. The fourth-order valence-electron chi connectivity index (χ4n) is 0.867. The first kappa shape index (κ1) is 13.4. The van der Waals surface area contributed by atoms with Gasteiger partial charge in [-0.25, -0.2) is 8.42 Å². The van der Waals surface area contributed by atoms with E-state index in [2.05, 4.69) is 5.32 Å². The van der Waals surface area contributed by atoms with E-state index < -0.39 is 9.84 Å². The summed E-state index contributed by atoms with van der Waals surface area (Å²) in [6, 6.07) is -0.278. The number of hydrogen-bond acceptors (Lipinski definition) is 4. The Morgan fingerprint density at radius 1 is 1.50 bits per heavy atom. The molecule has 0 aromatic rings. The molecule has 1 atom stereocenters. The molecule has 1 unspecified atom stereocenters. The van der Waals surface area contributed by atoms with Crippen molar-refractivity contribution in [3.05, 3.63) is 0 Å². The van der Waals surface area contributed by atoms with Gasteiger partial charge in [-0.2, -0.15) is 0 Å². The molecule has 0 aliphatic carbocycles. The first-order valence-corrected chi connectivity index (χ1v) is 6.44. The van der Waals surface area contributed by atoms with E-state index in [1.54, 1.807) is 21.0 Å². The van der Waals surface area contributed by atoms with Gasteiger partial charge in [-0.1, -0.05) is 0 Å². The number of carbonyl (C=O) groups excluding carboxylic acids is 1. The summed E-state index contributed by atoms with van der Waals surface area (Å²) in [7, 11) is 0.287. The maximum Gasteiger partial charge on any atom is 0.239 e. The topological polar surface area (TPSA) is 66.5 Å². The van der Waals surface area contributed by atoms with Crippen molar-refractivity contribution in [2.24, 2.45) is 0 Å². The molecule has 0 saturated carbocycles. The number of amides is 1. The highest BCUT2D eigenvalue weighted by Crippen LogP contribution is 1.93. The highest BCUT2D eigenvalue weighted by Gasteiger charge is 2.16. The molecule has 14 heavy (non-hydrogen) atoms. The molecular weight excluding hydrogens is 204 g/mol. The SMILES string of the molecule is CNC(C)C(=O)N(C)CCS(C)(=O)=O. The third-order valence-corrected chi connectivity index (χ3v) is 2.90. The van der Waals surface area contributed by atoms with Gasteiger partial charge in [0, 0.05) is 19.8 Å². The number of sulfone groups is 1. The van der Waals surface area contributed by atoms with E-state index in [0.717, 1.165) is 6.26 Å². The third-order valence-electron chi connectivity index (χ3n) is 1.98. The Labute approximate surface area is 85.4 Å². The van der Waals surface area contributed by atoms with E-state index in [4.69, 9.17) is 0 Å². The molecule has 0 aromatic heterocycles.